The summed E-state index contributed by atoms with van der Waals surface area (Å²) in [4.78, 5) is 25.6. The number of hydrogen-bond acceptors (Lipinski definition) is 4. The molecule has 110 valence electrons. The van der Waals surface area contributed by atoms with Crippen molar-refractivity contribution in [3.05, 3.63) is 0 Å². The summed E-state index contributed by atoms with van der Waals surface area (Å²) < 4.78 is 10.2. The van der Waals surface area contributed by atoms with Gasteiger partial charge in [-0.2, -0.15) is 0 Å². The zero-order chi connectivity index (χ0) is 14.3. The van der Waals surface area contributed by atoms with Crippen LogP contribution in [0, 0.1) is 0 Å². The van der Waals surface area contributed by atoms with Crippen LogP contribution >= 0.6 is 0 Å². The van der Waals surface area contributed by atoms with Crippen molar-refractivity contribution >= 4 is 11.8 Å². The van der Waals surface area contributed by atoms with Gasteiger partial charge in [0, 0.05) is 13.7 Å². The summed E-state index contributed by atoms with van der Waals surface area (Å²) in [6, 6.07) is -0.806. The van der Waals surface area contributed by atoms with Gasteiger partial charge in [-0.1, -0.05) is 13.3 Å². The van der Waals surface area contributed by atoms with E-state index in [0.29, 0.717) is 32.8 Å². The molecule has 1 N–H and O–H groups in total. The Morgan fingerprint density at radius 3 is 2.63 bits per heavy atom. The quantitative estimate of drug-likeness (QED) is 0.639. The number of nitrogens with one attached hydrogen (secondary N) is 1. The predicted octanol–water partition coefficient (Wildman–Crippen LogP) is 0.165. The number of ether oxygens (including phenoxy) is 2. The number of nitrogens with zero attached hydrogens (tertiary/aromatic N) is 1. The molecule has 6 nitrogen and oxygen atoms in total. The molecule has 0 aromatic rings. The number of carbonyl (C=O) groups is 2. The fourth-order valence-electron chi connectivity index (χ4n) is 2.08. The Kier molecular flexibility index (Phi) is 6.80. The first-order valence-corrected chi connectivity index (χ1v) is 6.79. The van der Waals surface area contributed by atoms with Crippen LogP contribution in [0.5, 0.6) is 0 Å². The second kappa shape index (κ2) is 8.12. The molecule has 2 unspecified atom stereocenters. The van der Waals surface area contributed by atoms with Gasteiger partial charge >= 0.3 is 0 Å². The van der Waals surface area contributed by atoms with E-state index in [9.17, 15) is 9.59 Å². The van der Waals surface area contributed by atoms with E-state index < -0.39 is 6.04 Å². The minimum Gasteiger partial charge on any atom is -0.382 e. The third kappa shape index (κ3) is 4.47. The van der Waals surface area contributed by atoms with Crippen molar-refractivity contribution < 1.29 is 19.1 Å². The normalized spacial score (nSPS) is 23.6. The van der Waals surface area contributed by atoms with E-state index in [0.717, 1.165) is 6.42 Å². The molecule has 0 bridgehead atoms. The standard InChI is InChI=1S/C13H24N2O4/c1-4-5-11-13(17)15(10(2)12(16)14-11)6-7-19-9-8-18-3/h10-11H,4-9H2,1-3H3,(H,14,16). The van der Waals surface area contributed by atoms with Gasteiger partial charge in [0.2, 0.25) is 11.8 Å². The van der Waals surface area contributed by atoms with E-state index in [1.54, 1.807) is 18.9 Å². The maximum atomic E-state index is 12.2. The maximum Gasteiger partial charge on any atom is 0.245 e. The number of carbonyl (C=O) groups excluding carboxylic acids is 2. The van der Waals surface area contributed by atoms with Crippen LogP contribution in [0.4, 0.5) is 0 Å². The van der Waals surface area contributed by atoms with Crippen molar-refractivity contribution in [3.63, 3.8) is 0 Å². The highest BCUT2D eigenvalue weighted by molar-refractivity contribution is 5.96. The summed E-state index contributed by atoms with van der Waals surface area (Å²) in [6.07, 6.45) is 1.54. The number of methoxy groups -OCH3 is 1. The molecular weight excluding hydrogens is 248 g/mol. The number of amides is 2. The summed E-state index contributed by atoms with van der Waals surface area (Å²) in [5.74, 6) is -0.0979. The van der Waals surface area contributed by atoms with Gasteiger partial charge in [0.15, 0.2) is 0 Å². The van der Waals surface area contributed by atoms with Gasteiger partial charge in [-0.15, -0.1) is 0 Å². The Morgan fingerprint density at radius 1 is 1.26 bits per heavy atom. The van der Waals surface area contributed by atoms with Gasteiger partial charge in [-0.25, -0.2) is 0 Å². The second-order valence-electron chi connectivity index (χ2n) is 4.66. The lowest BCUT2D eigenvalue weighted by molar-refractivity contribution is -0.149. The molecule has 0 spiro atoms. The van der Waals surface area contributed by atoms with Crippen LogP contribution in [0.2, 0.25) is 0 Å². The molecule has 0 aromatic carbocycles. The molecule has 1 aliphatic rings. The molecule has 0 aliphatic carbocycles. The monoisotopic (exact) mass is 272 g/mol. The highest BCUT2D eigenvalue weighted by Crippen LogP contribution is 2.12. The number of piperazine rings is 1. The van der Waals surface area contributed by atoms with Crippen LogP contribution in [-0.2, 0) is 19.1 Å². The predicted molar refractivity (Wildman–Crippen MR) is 70.7 cm³/mol. The molecule has 2 atom stereocenters. The van der Waals surface area contributed by atoms with E-state index in [1.165, 1.54) is 0 Å². The van der Waals surface area contributed by atoms with E-state index in [-0.39, 0.29) is 17.9 Å². The number of rotatable bonds is 8. The summed E-state index contributed by atoms with van der Waals surface area (Å²) in [6.45, 7) is 5.63. The summed E-state index contributed by atoms with van der Waals surface area (Å²) in [5.41, 5.74) is 0. The molecule has 19 heavy (non-hydrogen) atoms. The van der Waals surface area contributed by atoms with Gasteiger partial charge < -0.3 is 19.7 Å². The first kappa shape index (κ1) is 15.9. The molecule has 1 rings (SSSR count). The first-order valence-electron chi connectivity index (χ1n) is 6.79. The van der Waals surface area contributed by atoms with Crippen LogP contribution in [0.1, 0.15) is 26.7 Å². The molecule has 1 heterocycles. The van der Waals surface area contributed by atoms with Crippen LogP contribution in [0.15, 0.2) is 0 Å². The lowest BCUT2D eigenvalue weighted by atomic mass is 10.0. The van der Waals surface area contributed by atoms with Crippen LogP contribution in [0.3, 0.4) is 0 Å². The van der Waals surface area contributed by atoms with E-state index in [4.69, 9.17) is 9.47 Å². The Hall–Kier alpha value is -1.14. The average molecular weight is 272 g/mol. The Morgan fingerprint density at radius 2 is 2.00 bits per heavy atom. The summed E-state index contributed by atoms with van der Waals surface area (Å²) in [7, 11) is 1.61. The van der Waals surface area contributed by atoms with Crippen LogP contribution in [-0.4, -0.2) is 62.3 Å². The van der Waals surface area contributed by atoms with Crippen molar-refractivity contribution in [2.45, 2.75) is 38.8 Å². The summed E-state index contributed by atoms with van der Waals surface area (Å²) in [5, 5.41) is 2.77. The Balaban J connectivity index is 2.47. The minimum atomic E-state index is -0.424. The van der Waals surface area contributed by atoms with Crippen molar-refractivity contribution in [1.29, 1.82) is 0 Å². The van der Waals surface area contributed by atoms with Gasteiger partial charge in [0.05, 0.1) is 19.8 Å². The SMILES string of the molecule is CCCC1NC(=O)C(C)N(CCOCCOC)C1=O. The molecule has 6 heteroatoms. The molecule has 1 fully saturated rings. The molecule has 0 aromatic heterocycles. The van der Waals surface area contributed by atoms with Gasteiger partial charge in [-0.05, 0) is 13.3 Å². The zero-order valence-electron chi connectivity index (χ0n) is 12.0. The largest absolute Gasteiger partial charge is 0.382 e. The molecule has 1 saturated heterocycles. The highest BCUT2D eigenvalue weighted by Gasteiger charge is 2.37. The minimum absolute atomic E-state index is 0.00992. The van der Waals surface area contributed by atoms with Gasteiger partial charge in [0.1, 0.15) is 12.1 Å². The average Bonchev–Trinajstić information content (AvgIpc) is 2.39. The van der Waals surface area contributed by atoms with Crippen molar-refractivity contribution in [1.82, 2.24) is 10.2 Å². The van der Waals surface area contributed by atoms with Crippen molar-refractivity contribution in [2.24, 2.45) is 0 Å². The zero-order valence-corrected chi connectivity index (χ0v) is 12.0. The Bertz CT molecular complexity index is 309. The van der Waals surface area contributed by atoms with E-state index in [2.05, 4.69) is 5.32 Å². The van der Waals surface area contributed by atoms with Crippen molar-refractivity contribution in [2.75, 3.05) is 33.5 Å². The number of hydrogen-bond donors (Lipinski definition) is 1. The van der Waals surface area contributed by atoms with Gasteiger partial charge in [-0.3, -0.25) is 9.59 Å². The van der Waals surface area contributed by atoms with Crippen LogP contribution in [0.25, 0.3) is 0 Å². The molecule has 2 amide bonds. The smallest absolute Gasteiger partial charge is 0.245 e. The molecule has 1 aliphatic heterocycles. The highest BCUT2D eigenvalue weighted by atomic mass is 16.5. The van der Waals surface area contributed by atoms with E-state index in [1.807, 2.05) is 6.92 Å². The first-order chi connectivity index (χ1) is 9.11. The van der Waals surface area contributed by atoms with Gasteiger partial charge in [0.25, 0.3) is 0 Å². The van der Waals surface area contributed by atoms with Crippen molar-refractivity contribution in [3.8, 4) is 0 Å². The third-order valence-electron chi connectivity index (χ3n) is 3.23. The molecular formula is C13H24N2O4. The lowest BCUT2D eigenvalue weighted by Gasteiger charge is -2.37. The molecule has 0 saturated carbocycles. The van der Waals surface area contributed by atoms with E-state index >= 15 is 0 Å². The van der Waals surface area contributed by atoms with Crippen LogP contribution < -0.4 is 5.32 Å². The fourth-order valence-corrected chi connectivity index (χ4v) is 2.08. The fraction of sp³-hybridized carbons (Fsp3) is 0.846. The lowest BCUT2D eigenvalue weighted by Crippen LogP contribution is -2.62. The maximum absolute atomic E-state index is 12.2. The molecule has 0 radical (unpaired) electrons. The second-order valence-corrected chi connectivity index (χ2v) is 4.66. The topological polar surface area (TPSA) is 67.9 Å². The third-order valence-corrected chi connectivity index (χ3v) is 3.23. The summed E-state index contributed by atoms with van der Waals surface area (Å²) >= 11 is 0. The Labute approximate surface area is 114 Å².